The second-order valence-electron chi connectivity index (χ2n) is 5.94. The maximum atomic E-state index is 11.8. The first-order valence-electron chi connectivity index (χ1n) is 6.78. The summed E-state index contributed by atoms with van der Waals surface area (Å²) in [6.07, 6.45) is 6.27. The zero-order valence-corrected chi connectivity index (χ0v) is 11.0. The maximum Gasteiger partial charge on any atom is 0.221 e. The molecule has 0 heterocycles. The van der Waals surface area contributed by atoms with E-state index in [4.69, 9.17) is 5.73 Å². The normalized spacial score (nSPS) is 24.2. The number of likely N-dealkylation sites (N-methyl/N-ethyl adjacent to an activating group) is 1. The van der Waals surface area contributed by atoms with Crippen LogP contribution in [0.5, 0.6) is 0 Å². The van der Waals surface area contributed by atoms with Crippen LogP contribution < -0.4 is 11.1 Å². The molecule has 2 fully saturated rings. The van der Waals surface area contributed by atoms with Gasteiger partial charge in [0.15, 0.2) is 0 Å². The highest BCUT2D eigenvalue weighted by molar-refractivity contribution is 5.77. The van der Waals surface area contributed by atoms with Crippen LogP contribution in [0.3, 0.4) is 0 Å². The quantitative estimate of drug-likeness (QED) is 0.722. The van der Waals surface area contributed by atoms with Crippen molar-refractivity contribution < 1.29 is 4.79 Å². The molecule has 1 unspecified atom stereocenters. The second-order valence-corrected chi connectivity index (χ2v) is 5.94. The first-order valence-corrected chi connectivity index (χ1v) is 6.78. The van der Waals surface area contributed by atoms with Crippen molar-refractivity contribution in [2.45, 2.75) is 63.1 Å². The Morgan fingerprint density at radius 3 is 2.65 bits per heavy atom. The second kappa shape index (κ2) is 4.94. The average Bonchev–Trinajstić information content (AvgIpc) is 3.06. The molecule has 2 aliphatic carbocycles. The summed E-state index contributed by atoms with van der Waals surface area (Å²) < 4.78 is 0. The van der Waals surface area contributed by atoms with Gasteiger partial charge in [-0.25, -0.2) is 0 Å². The van der Waals surface area contributed by atoms with Crippen molar-refractivity contribution >= 4 is 5.91 Å². The molecule has 4 nitrogen and oxygen atoms in total. The van der Waals surface area contributed by atoms with Gasteiger partial charge in [-0.05, 0) is 46.1 Å². The molecular formula is C13H25N3O. The predicted molar refractivity (Wildman–Crippen MR) is 68.6 cm³/mol. The summed E-state index contributed by atoms with van der Waals surface area (Å²) in [6.45, 7) is 2.90. The van der Waals surface area contributed by atoms with Gasteiger partial charge in [0.2, 0.25) is 5.91 Å². The van der Waals surface area contributed by atoms with Crippen molar-refractivity contribution in [2.75, 3.05) is 13.6 Å². The lowest BCUT2D eigenvalue weighted by Crippen LogP contribution is -2.51. The van der Waals surface area contributed by atoms with Crippen molar-refractivity contribution in [1.82, 2.24) is 10.2 Å². The van der Waals surface area contributed by atoms with E-state index in [1.807, 2.05) is 0 Å². The van der Waals surface area contributed by atoms with Crippen molar-refractivity contribution in [3.05, 3.63) is 0 Å². The molecule has 2 rings (SSSR count). The van der Waals surface area contributed by atoms with Crippen LogP contribution in [0, 0.1) is 0 Å². The Hall–Kier alpha value is -0.610. The van der Waals surface area contributed by atoms with Crippen LogP contribution in [0.25, 0.3) is 0 Å². The third-order valence-electron chi connectivity index (χ3n) is 4.27. The van der Waals surface area contributed by atoms with Crippen molar-refractivity contribution in [3.63, 3.8) is 0 Å². The molecule has 2 saturated carbocycles. The lowest BCUT2D eigenvalue weighted by molar-refractivity contribution is -0.123. The van der Waals surface area contributed by atoms with Crippen molar-refractivity contribution in [2.24, 2.45) is 5.73 Å². The highest BCUT2D eigenvalue weighted by Crippen LogP contribution is 2.32. The van der Waals surface area contributed by atoms with Gasteiger partial charge < -0.3 is 11.1 Å². The van der Waals surface area contributed by atoms with Gasteiger partial charge in [0, 0.05) is 30.6 Å². The molecule has 0 aromatic rings. The smallest absolute Gasteiger partial charge is 0.221 e. The zero-order valence-electron chi connectivity index (χ0n) is 11.0. The fraction of sp³-hybridized carbons (Fsp3) is 0.923. The van der Waals surface area contributed by atoms with Gasteiger partial charge in [-0.1, -0.05) is 0 Å². The molecule has 0 radical (unpaired) electrons. The highest BCUT2D eigenvalue weighted by Gasteiger charge is 2.35. The largest absolute Gasteiger partial charge is 0.354 e. The third-order valence-corrected chi connectivity index (χ3v) is 4.27. The first kappa shape index (κ1) is 12.8. The molecule has 1 atom stereocenters. The van der Waals surface area contributed by atoms with Crippen molar-refractivity contribution in [3.8, 4) is 0 Å². The fourth-order valence-electron chi connectivity index (χ4n) is 2.44. The van der Waals surface area contributed by atoms with Gasteiger partial charge in [-0.15, -0.1) is 0 Å². The number of rotatable bonds is 6. The summed E-state index contributed by atoms with van der Waals surface area (Å²) in [6, 6.07) is 1.16. The number of hydrogen-bond donors (Lipinski definition) is 2. The first-order chi connectivity index (χ1) is 8.00. The lowest BCUT2D eigenvalue weighted by Gasteiger charge is -2.37. The Kier molecular flexibility index (Phi) is 3.73. The standard InChI is InChI=1S/C13H25N3O/c1-10(16(2)11-4-5-11)9-15-12(17)8-13(14)6-3-7-13/h10-11H,3-9,14H2,1-2H3,(H,15,17). The number of nitrogens with one attached hydrogen (secondary N) is 1. The lowest BCUT2D eigenvalue weighted by atomic mass is 9.75. The topological polar surface area (TPSA) is 58.4 Å². The molecule has 0 aromatic heterocycles. The molecule has 4 heteroatoms. The summed E-state index contributed by atoms with van der Waals surface area (Å²) in [5.74, 6) is 0.114. The van der Waals surface area contributed by atoms with Gasteiger partial charge in [0.1, 0.15) is 0 Å². The van der Waals surface area contributed by atoms with E-state index < -0.39 is 0 Å². The van der Waals surface area contributed by atoms with E-state index in [2.05, 4.69) is 24.2 Å². The van der Waals surface area contributed by atoms with Gasteiger partial charge in [0.25, 0.3) is 0 Å². The van der Waals surface area contributed by atoms with E-state index in [1.54, 1.807) is 0 Å². The molecule has 17 heavy (non-hydrogen) atoms. The molecule has 3 N–H and O–H groups in total. The number of carbonyl (C=O) groups excluding carboxylic acids is 1. The summed E-state index contributed by atoms with van der Waals surface area (Å²) >= 11 is 0. The van der Waals surface area contributed by atoms with E-state index >= 15 is 0 Å². The van der Waals surface area contributed by atoms with Gasteiger partial charge in [-0.2, -0.15) is 0 Å². The van der Waals surface area contributed by atoms with Crippen LogP contribution in [0.15, 0.2) is 0 Å². The van der Waals surface area contributed by atoms with Gasteiger partial charge in [-0.3, -0.25) is 9.69 Å². The SMILES string of the molecule is CC(CNC(=O)CC1(N)CCC1)N(C)C1CC1. The minimum absolute atomic E-state index is 0.114. The minimum Gasteiger partial charge on any atom is -0.354 e. The molecule has 0 saturated heterocycles. The van der Waals surface area contributed by atoms with E-state index in [-0.39, 0.29) is 11.4 Å². The predicted octanol–water partition coefficient (Wildman–Crippen LogP) is 0.857. The van der Waals surface area contributed by atoms with E-state index in [0.717, 1.165) is 25.4 Å². The van der Waals surface area contributed by atoms with Crippen LogP contribution >= 0.6 is 0 Å². The number of hydrogen-bond acceptors (Lipinski definition) is 3. The van der Waals surface area contributed by atoms with Crippen LogP contribution in [-0.2, 0) is 4.79 Å². The van der Waals surface area contributed by atoms with Crippen LogP contribution in [0.1, 0.15) is 45.4 Å². The summed E-state index contributed by atoms with van der Waals surface area (Å²) in [5, 5.41) is 3.01. The Labute approximate surface area is 104 Å². The Balaban J connectivity index is 1.64. The average molecular weight is 239 g/mol. The number of carbonyl (C=O) groups is 1. The third kappa shape index (κ3) is 3.42. The van der Waals surface area contributed by atoms with Crippen LogP contribution in [-0.4, -0.2) is 42.0 Å². The zero-order chi connectivity index (χ0) is 12.5. The Morgan fingerprint density at radius 1 is 1.53 bits per heavy atom. The summed E-state index contributed by atoms with van der Waals surface area (Å²) in [4.78, 5) is 14.1. The molecule has 0 bridgehead atoms. The van der Waals surface area contributed by atoms with E-state index in [1.165, 1.54) is 19.3 Å². The summed E-state index contributed by atoms with van der Waals surface area (Å²) in [5.41, 5.74) is 5.86. The van der Waals surface area contributed by atoms with Gasteiger partial charge in [0.05, 0.1) is 0 Å². The summed E-state index contributed by atoms with van der Waals surface area (Å²) in [7, 11) is 2.14. The van der Waals surface area contributed by atoms with Gasteiger partial charge >= 0.3 is 0 Å². The van der Waals surface area contributed by atoms with Crippen LogP contribution in [0.4, 0.5) is 0 Å². The number of amides is 1. The Morgan fingerprint density at radius 2 is 2.18 bits per heavy atom. The number of nitrogens with zero attached hydrogens (tertiary/aromatic N) is 1. The molecule has 0 aromatic carbocycles. The van der Waals surface area contributed by atoms with Crippen LogP contribution in [0.2, 0.25) is 0 Å². The molecule has 98 valence electrons. The van der Waals surface area contributed by atoms with E-state index in [0.29, 0.717) is 12.5 Å². The maximum absolute atomic E-state index is 11.8. The fourth-order valence-corrected chi connectivity index (χ4v) is 2.44. The molecule has 1 amide bonds. The molecule has 0 spiro atoms. The Bertz CT molecular complexity index is 284. The molecule has 0 aliphatic heterocycles. The van der Waals surface area contributed by atoms with Crippen molar-refractivity contribution in [1.29, 1.82) is 0 Å². The monoisotopic (exact) mass is 239 g/mol. The minimum atomic E-state index is -0.199. The highest BCUT2D eigenvalue weighted by atomic mass is 16.1. The number of nitrogens with two attached hydrogens (primary N) is 1. The molecule has 2 aliphatic rings. The molecular weight excluding hydrogens is 214 g/mol. The van der Waals surface area contributed by atoms with E-state index in [9.17, 15) is 4.79 Å².